The van der Waals surface area contributed by atoms with E-state index in [9.17, 15) is 0 Å². The molecule has 0 amide bonds. The van der Waals surface area contributed by atoms with Crippen molar-refractivity contribution in [2.45, 2.75) is 0 Å². The number of para-hydroxylation sites is 2. The van der Waals surface area contributed by atoms with Crippen LogP contribution >= 0.6 is 0 Å². The second kappa shape index (κ2) is 10.9. The van der Waals surface area contributed by atoms with Crippen LogP contribution in [0.3, 0.4) is 0 Å². The van der Waals surface area contributed by atoms with Crippen LogP contribution in [0.15, 0.2) is 162 Å². The van der Waals surface area contributed by atoms with Crippen LogP contribution in [0.25, 0.3) is 99.7 Å². The Labute approximate surface area is 281 Å². The number of pyridine rings is 1. The summed E-state index contributed by atoms with van der Waals surface area (Å²) in [6.07, 6.45) is 1.96. The molecule has 0 N–H and O–H groups in total. The number of nitrogens with zero attached hydrogens (tertiary/aromatic N) is 4. The second-order valence-corrected chi connectivity index (χ2v) is 12.2. The maximum Gasteiger partial charge on any atom is 0.164 e. The number of rotatable bonds is 4. The number of hydrogen-bond acceptors (Lipinski definition) is 5. The molecule has 0 bridgehead atoms. The predicted molar refractivity (Wildman–Crippen MR) is 199 cm³/mol. The Hall–Kier alpha value is -6.72. The maximum atomic E-state index is 6.21. The minimum absolute atomic E-state index is 0.613. The fourth-order valence-corrected chi connectivity index (χ4v) is 7.10. The van der Waals surface area contributed by atoms with Gasteiger partial charge >= 0.3 is 0 Å². The molecule has 7 aromatic carbocycles. The van der Waals surface area contributed by atoms with E-state index in [4.69, 9.17) is 24.4 Å². The third kappa shape index (κ3) is 4.48. The zero-order valence-corrected chi connectivity index (χ0v) is 26.2. The Morgan fingerprint density at radius 1 is 0.388 bits per heavy atom. The van der Waals surface area contributed by atoms with E-state index >= 15 is 0 Å². The van der Waals surface area contributed by atoms with Crippen LogP contribution < -0.4 is 0 Å². The largest absolute Gasteiger partial charge is 0.456 e. The minimum atomic E-state index is 0.613. The Morgan fingerprint density at radius 2 is 1.04 bits per heavy atom. The van der Waals surface area contributed by atoms with Gasteiger partial charge in [-0.2, -0.15) is 0 Å². The summed E-state index contributed by atoms with van der Waals surface area (Å²) >= 11 is 0. The van der Waals surface area contributed by atoms with Gasteiger partial charge in [-0.25, -0.2) is 15.0 Å². The van der Waals surface area contributed by atoms with Crippen LogP contribution in [0.4, 0.5) is 0 Å². The highest BCUT2D eigenvalue weighted by Gasteiger charge is 2.17. The van der Waals surface area contributed by atoms with E-state index < -0.39 is 0 Å². The van der Waals surface area contributed by atoms with Gasteiger partial charge in [0.2, 0.25) is 0 Å². The monoisotopic (exact) mass is 626 g/mol. The lowest BCUT2D eigenvalue weighted by atomic mass is 9.96. The molecule has 0 radical (unpaired) electrons. The first-order chi connectivity index (χ1) is 24.3. The van der Waals surface area contributed by atoms with Crippen LogP contribution in [0, 0.1) is 0 Å². The average molecular weight is 627 g/mol. The lowest BCUT2D eigenvalue weighted by molar-refractivity contribution is 0.669. The van der Waals surface area contributed by atoms with Crippen molar-refractivity contribution in [3.8, 4) is 45.3 Å². The van der Waals surface area contributed by atoms with E-state index in [0.29, 0.717) is 17.5 Å². The SMILES string of the molecule is c1ccc(-c2nc(-c3cccc(-c4cccc5oc6ccccc6c45)c3)nc(-c3cccc4c3ccc3cnc5ccccc5c34)n2)cc1. The molecule has 3 heterocycles. The Balaban J connectivity index is 1.19. The molecule has 49 heavy (non-hydrogen) atoms. The number of aromatic nitrogens is 4. The molecule has 0 fully saturated rings. The van der Waals surface area contributed by atoms with Crippen molar-refractivity contribution in [2.24, 2.45) is 0 Å². The van der Waals surface area contributed by atoms with E-state index in [1.807, 2.05) is 66.9 Å². The molecule has 0 aliphatic carbocycles. The molecule has 3 aromatic heterocycles. The fourth-order valence-electron chi connectivity index (χ4n) is 7.10. The molecule has 228 valence electrons. The van der Waals surface area contributed by atoms with Crippen molar-refractivity contribution >= 4 is 54.4 Å². The van der Waals surface area contributed by atoms with Crippen LogP contribution in [-0.4, -0.2) is 19.9 Å². The van der Waals surface area contributed by atoms with E-state index in [0.717, 1.165) is 76.8 Å². The van der Waals surface area contributed by atoms with Crippen molar-refractivity contribution in [2.75, 3.05) is 0 Å². The van der Waals surface area contributed by atoms with Gasteiger partial charge in [-0.05, 0) is 46.2 Å². The molecule has 5 nitrogen and oxygen atoms in total. The summed E-state index contributed by atoms with van der Waals surface area (Å²) in [7, 11) is 0. The third-order valence-electron chi connectivity index (χ3n) is 9.35. The van der Waals surface area contributed by atoms with E-state index in [2.05, 4.69) is 91.0 Å². The number of hydrogen-bond donors (Lipinski definition) is 0. The normalized spacial score (nSPS) is 11.7. The summed E-state index contributed by atoms with van der Waals surface area (Å²) in [6.45, 7) is 0. The van der Waals surface area contributed by atoms with Gasteiger partial charge in [0.05, 0.1) is 5.52 Å². The molecule has 0 atom stereocenters. The first kappa shape index (κ1) is 27.4. The van der Waals surface area contributed by atoms with Gasteiger partial charge in [-0.15, -0.1) is 0 Å². The molecular weight excluding hydrogens is 601 g/mol. The summed E-state index contributed by atoms with van der Waals surface area (Å²) in [5.74, 6) is 1.87. The standard InChI is InChI=1S/C44H26N4O/c1-2-11-27(12-3-1)42-46-43(29-14-8-13-28(25-29)31-17-10-22-39-41(31)36-16-5-7-21-38(36)49-39)48-44(47-42)34-19-9-18-33-32(34)24-23-30-26-45-37-20-6-4-15-35(37)40(30)33/h1-26H. The number of furan rings is 1. The molecule has 0 saturated carbocycles. The summed E-state index contributed by atoms with van der Waals surface area (Å²) in [5.41, 5.74) is 7.67. The van der Waals surface area contributed by atoms with Gasteiger partial charge in [-0.3, -0.25) is 4.98 Å². The number of fused-ring (bicyclic) bond motifs is 8. The Kier molecular flexibility index (Phi) is 6.11. The van der Waals surface area contributed by atoms with Crippen molar-refractivity contribution in [1.29, 1.82) is 0 Å². The first-order valence-electron chi connectivity index (χ1n) is 16.3. The maximum absolute atomic E-state index is 6.21. The van der Waals surface area contributed by atoms with Crippen molar-refractivity contribution in [3.05, 3.63) is 158 Å². The van der Waals surface area contributed by atoms with Gasteiger partial charge in [0.1, 0.15) is 11.2 Å². The van der Waals surface area contributed by atoms with Crippen molar-refractivity contribution in [3.63, 3.8) is 0 Å². The molecule has 10 aromatic rings. The highest BCUT2D eigenvalue weighted by atomic mass is 16.3. The smallest absolute Gasteiger partial charge is 0.164 e. The Morgan fingerprint density at radius 3 is 1.96 bits per heavy atom. The topological polar surface area (TPSA) is 64.7 Å². The molecule has 5 heteroatoms. The van der Waals surface area contributed by atoms with Gasteiger partial charge in [0.25, 0.3) is 0 Å². The van der Waals surface area contributed by atoms with Crippen LogP contribution in [0.1, 0.15) is 0 Å². The van der Waals surface area contributed by atoms with Crippen LogP contribution in [0.5, 0.6) is 0 Å². The lowest BCUT2D eigenvalue weighted by Crippen LogP contribution is -2.00. The second-order valence-electron chi connectivity index (χ2n) is 12.2. The lowest BCUT2D eigenvalue weighted by Gasteiger charge is -2.13. The van der Waals surface area contributed by atoms with E-state index in [-0.39, 0.29) is 0 Å². The highest BCUT2D eigenvalue weighted by molar-refractivity contribution is 6.21. The number of benzene rings is 7. The summed E-state index contributed by atoms with van der Waals surface area (Å²) in [5, 5.41) is 7.81. The molecule has 0 unspecified atom stereocenters. The summed E-state index contributed by atoms with van der Waals surface area (Å²) in [6, 6.07) is 51.9. The van der Waals surface area contributed by atoms with E-state index in [1.165, 1.54) is 5.39 Å². The molecular formula is C44H26N4O. The van der Waals surface area contributed by atoms with E-state index in [1.54, 1.807) is 0 Å². The zero-order valence-electron chi connectivity index (χ0n) is 26.2. The summed E-state index contributed by atoms with van der Waals surface area (Å²) in [4.78, 5) is 20.0. The average Bonchev–Trinajstić information content (AvgIpc) is 3.56. The fraction of sp³-hybridized carbons (Fsp3) is 0. The minimum Gasteiger partial charge on any atom is -0.456 e. The molecule has 0 aliphatic rings. The van der Waals surface area contributed by atoms with Gasteiger partial charge in [0.15, 0.2) is 17.5 Å². The highest BCUT2D eigenvalue weighted by Crippen LogP contribution is 2.39. The molecule has 0 aliphatic heterocycles. The third-order valence-corrected chi connectivity index (χ3v) is 9.35. The van der Waals surface area contributed by atoms with Crippen LogP contribution in [-0.2, 0) is 0 Å². The Bertz CT molecular complexity index is 2890. The molecule has 0 saturated heterocycles. The predicted octanol–water partition coefficient (Wildman–Crippen LogP) is 11.3. The molecule has 0 spiro atoms. The van der Waals surface area contributed by atoms with Gasteiger partial charge in [0, 0.05) is 49.8 Å². The van der Waals surface area contributed by atoms with Crippen LogP contribution in [0.2, 0.25) is 0 Å². The first-order valence-corrected chi connectivity index (χ1v) is 16.3. The zero-order chi connectivity index (χ0) is 32.3. The molecule has 10 rings (SSSR count). The van der Waals surface area contributed by atoms with Gasteiger partial charge < -0.3 is 4.42 Å². The summed E-state index contributed by atoms with van der Waals surface area (Å²) < 4.78 is 6.21. The van der Waals surface area contributed by atoms with Crippen molar-refractivity contribution < 1.29 is 4.42 Å². The van der Waals surface area contributed by atoms with Crippen molar-refractivity contribution in [1.82, 2.24) is 19.9 Å². The quantitative estimate of drug-likeness (QED) is 0.182. The van der Waals surface area contributed by atoms with Gasteiger partial charge in [-0.1, -0.05) is 127 Å².